The minimum Gasteiger partial charge on any atom is -0.397 e. The maximum absolute atomic E-state index is 12.5. The predicted octanol–water partition coefficient (Wildman–Crippen LogP) is 1.66. The van der Waals surface area contributed by atoms with Crippen LogP contribution in [0.25, 0.3) is 10.1 Å². The molecule has 1 aromatic heterocycles. The van der Waals surface area contributed by atoms with Gasteiger partial charge >= 0.3 is 0 Å². The molecule has 2 aromatic rings. The highest BCUT2D eigenvalue weighted by atomic mass is 32.2. The number of anilines is 1. The molecule has 112 valence electrons. The van der Waals surface area contributed by atoms with Gasteiger partial charge in [0.05, 0.1) is 17.2 Å². The number of hydrogen-bond donors (Lipinski definition) is 1. The summed E-state index contributed by atoms with van der Waals surface area (Å²) < 4.78 is 23.9. The Labute approximate surface area is 127 Å². The van der Waals surface area contributed by atoms with Crippen LogP contribution in [0.2, 0.25) is 0 Å². The molecule has 1 aliphatic heterocycles. The first kappa shape index (κ1) is 14.3. The van der Waals surface area contributed by atoms with Gasteiger partial charge < -0.3 is 10.6 Å². The van der Waals surface area contributed by atoms with Crippen molar-refractivity contribution >= 4 is 42.9 Å². The van der Waals surface area contributed by atoms with Crippen LogP contribution >= 0.6 is 11.3 Å². The van der Waals surface area contributed by atoms with E-state index in [0.717, 1.165) is 15.6 Å². The van der Waals surface area contributed by atoms with Gasteiger partial charge in [0.1, 0.15) is 4.88 Å². The Morgan fingerprint density at radius 2 is 1.95 bits per heavy atom. The molecule has 3 rings (SSSR count). The van der Waals surface area contributed by atoms with E-state index in [-0.39, 0.29) is 30.5 Å². The van der Waals surface area contributed by atoms with E-state index in [9.17, 15) is 13.2 Å². The zero-order valence-corrected chi connectivity index (χ0v) is 13.3. The number of amides is 1. The number of thiophene rings is 1. The van der Waals surface area contributed by atoms with Crippen LogP contribution in [-0.2, 0) is 9.84 Å². The van der Waals surface area contributed by atoms with Gasteiger partial charge in [-0.3, -0.25) is 4.79 Å². The second-order valence-electron chi connectivity index (χ2n) is 5.29. The monoisotopic (exact) mass is 324 g/mol. The van der Waals surface area contributed by atoms with Gasteiger partial charge in [0.15, 0.2) is 9.84 Å². The van der Waals surface area contributed by atoms with E-state index in [0.29, 0.717) is 10.6 Å². The topological polar surface area (TPSA) is 80.5 Å². The van der Waals surface area contributed by atoms with Gasteiger partial charge in [-0.05, 0) is 18.6 Å². The van der Waals surface area contributed by atoms with Crippen molar-refractivity contribution < 1.29 is 13.2 Å². The van der Waals surface area contributed by atoms with Crippen molar-refractivity contribution in [3.8, 4) is 0 Å². The van der Waals surface area contributed by atoms with Crippen LogP contribution in [-0.4, -0.2) is 43.8 Å². The van der Waals surface area contributed by atoms with E-state index in [4.69, 9.17) is 5.73 Å². The Balaban J connectivity index is 1.93. The van der Waals surface area contributed by atoms with Crippen LogP contribution in [0, 0.1) is 6.92 Å². The number of hydrogen-bond acceptors (Lipinski definition) is 5. The summed E-state index contributed by atoms with van der Waals surface area (Å²) in [6.45, 7) is 2.48. The van der Waals surface area contributed by atoms with E-state index in [1.165, 1.54) is 11.3 Å². The highest BCUT2D eigenvalue weighted by molar-refractivity contribution is 7.91. The zero-order valence-electron chi connectivity index (χ0n) is 11.6. The summed E-state index contributed by atoms with van der Waals surface area (Å²) >= 11 is 1.37. The van der Waals surface area contributed by atoms with Crippen molar-refractivity contribution in [3.05, 3.63) is 28.6 Å². The fraction of sp³-hybridized carbons (Fsp3) is 0.357. The van der Waals surface area contributed by atoms with E-state index in [1.807, 2.05) is 25.1 Å². The van der Waals surface area contributed by atoms with Gasteiger partial charge in [-0.2, -0.15) is 0 Å². The van der Waals surface area contributed by atoms with Crippen molar-refractivity contribution in [1.29, 1.82) is 0 Å². The molecule has 0 spiro atoms. The third kappa shape index (κ3) is 2.63. The Kier molecular flexibility index (Phi) is 3.41. The summed E-state index contributed by atoms with van der Waals surface area (Å²) in [5.41, 5.74) is 7.71. The number of fused-ring (bicyclic) bond motifs is 1. The van der Waals surface area contributed by atoms with E-state index in [2.05, 4.69) is 0 Å². The third-order valence-electron chi connectivity index (χ3n) is 3.71. The summed E-state index contributed by atoms with van der Waals surface area (Å²) in [5, 5.41) is 0.888. The number of carbonyl (C=O) groups is 1. The lowest BCUT2D eigenvalue weighted by atomic mass is 10.1. The maximum Gasteiger partial charge on any atom is 0.266 e. The molecule has 2 heterocycles. The first-order chi connectivity index (χ1) is 9.87. The minimum absolute atomic E-state index is 0.0304. The molecule has 1 aliphatic rings. The van der Waals surface area contributed by atoms with Crippen molar-refractivity contribution in [3.63, 3.8) is 0 Å². The van der Waals surface area contributed by atoms with Gasteiger partial charge in [-0.15, -0.1) is 11.3 Å². The molecule has 0 atom stereocenters. The molecule has 1 amide bonds. The molecule has 0 saturated carbocycles. The average Bonchev–Trinajstić information content (AvgIpc) is 2.74. The molecule has 1 fully saturated rings. The number of rotatable bonds is 1. The van der Waals surface area contributed by atoms with Crippen LogP contribution in [0.4, 0.5) is 5.69 Å². The molecule has 7 heteroatoms. The summed E-state index contributed by atoms with van der Waals surface area (Å²) in [5.74, 6) is -0.105. The fourth-order valence-electron chi connectivity index (χ4n) is 2.44. The van der Waals surface area contributed by atoms with E-state index >= 15 is 0 Å². The maximum atomic E-state index is 12.5. The van der Waals surface area contributed by atoms with Crippen LogP contribution in [0.5, 0.6) is 0 Å². The number of carbonyl (C=O) groups excluding carboxylic acids is 1. The van der Waals surface area contributed by atoms with Crippen molar-refractivity contribution in [2.24, 2.45) is 0 Å². The zero-order chi connectivity index (χ0) is 15.2. The second kappa shape index (κ2) is 4.99. The molecule has 5 nitrogen and oxygen atoms in total. The largest absolute Gasteiger partial charge is 0.397 e. The second-order valence-corrected chi connectivity index (χ2v) is 8.64. The van der Waals surface area contributed by atoms with Gasteiger partial charge in [0, 0.05) is 23.2 Å². The first-order valence-corrected chi connectivity index (χ1v) is 9.29. The highest BCUT2D eigenvalue weighted by Crippen LogP contribution is 2.35. The Bertz CT molecular complexity index is 810. The standard InChI is InChI=1S/C14H16N2O3S2/c1-9-2-3-10-11(8-9)20-13(12(10)15)14(17)16-4-6-21(18,19)7-5-16/h2-3,8H,4-7,15H2,1H3. The molecule has 0 unspecified atom stereocenters. The van der Waals surface area contributed by atoms with Gasteiger partial charge in [-0.1, -0.05) is 12.1 Å². The van der Waals surface area contributed by atoms with Crippen molar-refractivity contribution in [2.45, 2.75) is 6.92 Å². The lowest BCUT2D eigenvalue weighted by Crippen LogP contribution is -2.43. The number of benzene rings is 1. The molecule has 0 bridgehead atoms. The molecule has 21 heavy (non-hydrogen) atoms. The van der Waals surface area contributed by atoms with Crippen LogP contribution < -0.4 is 5.73 Å². The number of aryl methyl sites for hydroxylation is 1. The van der Waals surface area contributed by atoms with Crippen LogP contribution in [0.15, 0.2) is 18.2 Å². The smallest absolute Gasteiger partial charge is 0.266 e. The first-order valence-electron chi connectivity index (χ1n) is 6.66. The average molecular weight is 324 g/mol. The quantitative estimate of drug-likeness (QED) is 0.865. The molecule has 1 saturated heterocycles. The molecule has 0 radical (unpaired) electrons. The molecular weight excluding hydrogens is 308 g/mol. The molecule has 2 N–H and O–H groups in total. The van der Waals surface area contributed by atoms with Gasteiger partial charge in [0.2, 0.25) is 0 Å². The molecular formula is C14H16N2O3S2. The normalized spacial score (nSPS) is 18.0. The van der Waals surface area contributed by atoms with Crippen molar-refractivity contribution in [1.82, 2.24) is 4.90 Å². The molecule has 1 aromatic carbocycles. The highest BCUT2D eigenvalue weighted by Gasteiger charge is 2.28. The van der Waals surface area contributed by atoms with Crippen LogP contribution in [0.3, 0.4) is 0 Å². The Hall–Kier alpha value is -1.60. The molecule has 0 aliphatic carbocycles. The summed E-state index contributed by atoms with van der Waals surface area (Å²) in [7, 11) is -2.99. The third-order valence-corrected chi connectivity index (χ3v) is 6.48. The Morgan fingerprint density at radius 1 is 1.29 bits per heavy atom. The van der Waals surface area contributed by atoms with Crippen LogP contribution in [0.1, 0.15) is 15.2 Å². The van der Waals surface area contributed by atoms with E-state index in [1.54, 1.807) is 4.90 Å². The summed E-state index contributed by atoms with van der Waals surface area (Å²) in [6.07, 6.45) is 0. The lowest BCUT2D eigenvalue weighted by Gasteiger charge is -2.26. The van der Waals surface area contributed by atoms with Crippen molar-refractivity contribution in [2.75, 3.05) is 30.3 Å². The number of nitrogen functional groups attached to an aromatic ring is 1. The fourth-order valence-corrected chi connectivity index (χ4v) is 4.83. The minimum atomic E-state index is -2.99. The summed E-state index contributed by atoms with van der Waals surface area (Å²) in [4.78, 5) is 14.6. The Morgan fingerprint density at radius 3 is 2.62 bits per heavy atom. The van der Waals surface area contributed by atoms with Gasteiger partial charge in [0.25, 0.3) is 5.91 Å². The van der Waals surface area contributed by atoms with E-state index < -0.39 is 9.84 Å². The SMILES string of the molecule is Cc1ccc2c(N)c(C(=O)N3CCS(=O)(=O)CC3)sc2c1. The number of nitrogens with two attached hydrogens (primary N) is 1. The predicted molar refractivity (Wildman–Crippen MR) is 85.5 cm³/mol. The number of sulfone groups is 1. The van der Waals surface area contributed by atoms with Gasteiger partial charge in [-0.25, -0.2) is 8.42 Å². The lowest BCUT2D eigenvalue weighted by molar-refractivity contribution is 0.0776. The summed E-state index contributed by atoms with van der Waals surface area (Å²) in [6, 6.07) is 5.90. The number of nitrogens with zero attached hydrogens (tertiary/aromatic N) is 1.